The van der Waals surface area contributed by atoms with Crippen molar-refractivity contribution in [3.05, 3.63) is 125 Å². The molecule has 7 heteroatoms. The molecular formula is C34H28O7. The van der Waals surface area contributed by atoms with Crippen molar-refractivity contribution >= 4 is 17.9 Å². The van der Waals surface area contributed by atoms with Gasteiger partial charge in [0.1, 0.15) is 17.2 Å². The zero-order chi connectivity index (χ0) is 29.1. The second kappa shape index (κ2) is 11.1. The molecule has 0 spiro atoms. The Morgan fingerprint density at radius 3 is 1.68 bits per heavy atom. The molecule has 0 atom stereocenters. The maximum absolute atomic E-state index is 12.9. The number of rotatable bonds is 8. The van der Waals surface area contributed by atoms with E-state index in [1.165, 1.54) is 0 Å². The van der Waals surface area contributed by atoms with E-state index in [1.807, 2.05) is 30.3 Å². The number of hydrogen-bond donors (Lipinski definition) is 0. The molecule has 4 aromatic rings. The van der Waals surface area contributed by atoms with Gasteiger partial charge < -0.3 is 18.9 Å². The van der Waals surface area contributed by atoms with Crippen molar-refractivity contribution in [1.82, 2.24) is 0 Å². The predicted molar refractivity (Wildman–Crippen MR) is 153 cm³/mol. The van der Waals surface area contributed by atoms with E-state index in [0.717, 1.165) is 22.3 Å². The van der Waals surface area contributed by atoms with E-state index in [1.54, 1.807) is 67.6 Å². The van der Waals surface area contributed by atoms with Gasteiger partial charge in [-0.05, 0) is 89.8 Å². The number of carbonyl (C=O) groups is 3. The summed E-state index contributed by atoms with van der Waals surface area (Å²) in [6.45, 7) is 8.95. The zero-order valence-corrected chi connectivity index (χ0v) is 22.9. The van der Waals surface area contributed by atoms with Gasteiger partial charge in [-0.2, -0.15) is 0 Å². The highest BCUT2D eigenvalue weighted by molar-refractivity contribution is 5.92. The lowest BCUT2D eigenvalue weighted by atomic mass is 9.82. The van der Waals surface area contributed by atoms with Crippen molar-refractivity contribution in [2.24, 2.45) is 0 Å². The lowest BCUT2D eigenvalue weighted by molar-refractivity contribution is -0.145. The Kier molecular flexibility index (Phi) is 7.44. The van der Waals surface area contributed by atoms with Gasteiger partial charge in [0.15, 0.2) is 0 Å². The second-order valence-electron chi connectivity index (χ2n) is 10.2. The van der Waals surface area contributed by atoms with Gasteiger partial charge in [-0.15, -0.1) is 0 Å². The highest BCUT2D eigenvalue weighted by Crippen LogP contribution is 2.50. The Hall–Kier alpha value is -5.17. The lowest BCUT2D eigenvalue weighted by Gasteiger charge is -2.22. The monoisotopic (exact) mass is 548 g/mol. The molecule has 7 nitrogen and oxygen atoms in total. The van der Waals surface area contributed by atoms with Crippen LogP contribution in [-0.2, 0) is 14.9 Å². The third-order valence-electron chi connectivity index (χ3n) is 6.90. The van der Waals surface area contributed by atoms with Gasteiger partial charge in [-0.1, -0.05) is 50.8 Å². The number of hydrogen-bond acceptors (Lipinski definition) is 7. The SMILES string of the molecule is C=C(C)C(=O)OCOc1ccc(C(=O)Oc2ccc3c(c2)C(C)(C)c2cc(OC(=O)c4ccccc4)ccc2-3)cc1. The molecule has 1 aliphatic rings. The molecule has 0 heterocycles. The summed E-state index contributed by atoms with van der Waals surface area (Å²) < 4.78 is 21.6. The van der Waals surface area contributed by atoms with E-state index in [2.05, 4.69) is 20.4 Å². The number of esters is 3. The van der Waals surface area contributed by atoms with Gasteiger partial charge in [0.05, 0.1) is 11.1 Å². The topological polar surface area (TPSA) is 88.1 Å². The Morgan fingerprint density at radius 1 is 0.683 bits per heavy atom. The van der Waals surface area contributed by atoms with Crippen molar-refractivity contribution in [3.63, 3.8) is 0 Å². The third-order valence-corrected chi connectivity index (χ3v) is 6.90. The maximum Gasteiger partial charge on any atom is 0.343 e. The van der Waals surface area contributed by atoms with Gasteiger partial charge in [0, 0.05) is 11.0 Å². The van der Waals surface area contributed by atoms with E-state index < -0.39 is 23.3 Å². The van der Waals surface area contributed by atoms with Crippen LogP contribution in [0.2, 0.25) is 0 Å². The normalized spacial score (nSPS) is 12.5. The summed E-state index contributed by atoms with van der Waals surface area (Å²) in [4.78, 5) is 36.9. The quantitative estimate of drug-likeness (QED) is 0.103. The lowest BCUT2D eigenvalue weighted by Crippen LogP contribution is -2.16. The summed E-state index contributed by atoms with van der Waals surface area (Å²) in [5.41, 5.74) is 4.74. The zero-order valence-electron chi connectivity index (χ0n) is 22.9. The first kappa shape index (κ1) is 27.4. The van der Waals surface area contributed by atoms with Crippen LogP contribution < -0.4 is 14.2 Å². The van der Waals surface area contributed by atoms with Gasteiger partial charge in [0.25, 0.3) is 0 Å². The smallest absolute Gasteiger partial charge is 0.343 e. The van der Waals surface area contributed by atoms with E-state index >= 15 is 0 Å². The highest BCUT2D eigenvalue weighted by Gasteiger charge is 2.36. The van der Waals surface area contributed by atoms with E-state index in [9.17, 15) is 14.4 Å². The average molecular weight is 549 g/mol. The first-order valence-corrected chi connectivity index (χ1v) is 13.0. The number of ether oxygens (including phenoxy) is 4. The molecule has 1 aliphatic carbocycles. The van der Waals surface area contributed by atoms with Crippen LogP contribution in [0, 0.1) is 0 Å². The van der Waals surface area contributed by atoms with Gasteiger partial charge in [-0.25, -0.2) is 14.4 Å². The molecule has 0 saturated heterocycles. The van der Waals surface area contributed by atoms with E-state index in [0.29, 0.717) is 28.4 Å². The Balaban J connectivity index is 1.27. The van der Waals surface area contributed by atoms with Crippen molar-refractivity contribution in [2.75, 3.05) is 6.79 Å². The van der Waals surface area contributed by atoms with Crippen LogP contribution >= 0.6 is 0 Å². The van der Waals surface area contributed by atoms with Crippen molar-refractivity contribution in [1.29, 1.82) is 0 Å². The van der Waals surface area contributed by atoms with Crippen LogP contribution in [0.4, 0.5) is 0 Å². The molecule has 0 aliphatic heterocycles. The molecule has 0 aromatic heterocycles. The summed E-state index contributed by atoms with van der Waals surface area (Å²) in [7, 11) is 0. The van der Waals surface area contributed by atoms with E-state index in [4.69, 9.17) is 18.9 Å². The Bertz CT molecular complexity index is 1650. The minimum Gasteiger partial charge on any atom is -0.457 e. The van der Waals surface area contributed by atoms with Crippen LogP contribution in [0.15, 0.2) is 103 Å². The molecule has 0 radical (unpaired) electrons. The molecular weight excluding hydrogens is 520 g/mol. The maximum atomic E-state index is 12.9. The summed E-state index contributed by atoms with van der Waals surface area (Å²) in [6, 6.07) is 26.4. The molecule has 0 bridgehead atoms. The summed E-state index contributed by atoms with van der Waals surface area (Å²) in [5.74, 6) is -0.170. The molecule has 4 aromatic carbocycles. The molecule has 0 unspecified atom stereocenters. The first-order valence-electron chi connectivity index (χ1n) is 13.0. The molecule has 41 heavy (non-hydrogen) atoms. The van der Waals surface area contributed by atoms with Crippen molar-refractivity contribution in [3.8, 4) is 28.4 Å². The summed E-state index contributed by atoms with van der Waals surface area (Å²) >= 11 is 0. The average Bonchev–Trinajstić information content (AvgIpc) is 3.19. The van der Waals surface area contributed by atoms with Crippen LogP contribution in [0.1, 0.15) is 52.6 Å². The van der Waals surface area contributed by atoms with Gasteiger partial charge >= 0.3 is 17.9 Å². The van der Waals surface area contributed by atoms with Crippen LogP contribution in [0.5, 0.6) is 17.2 Å². The molecule has 0 amide bonds. The standard InChI is InChI=1S/C34H28O7/c1-21(2)31(35)39-20-38-24-12-10-23(11-13-24)33(37)41-26-15-17-28-27-16-14-25(18-29(27)34(3,4)30(28)19-26)40-32(36)22-8-6-5-7-9-22/h5-19H,1,20H2,2-4H3. The van der Waals surface area contributed by atoms with Crippen LogP contribution in [0.3, 0.4) is 0 Å². The first-order chi connectivity index (χ1) is 19.6. The number of fused-ring (bicyclic) bond motifs is 3. The summed E-state index contributed by atoms with van der Waals surface area (Å²) in [6.07, 6.45) is 0. The minimum absolute atomic E-state index is 0.264. The second-order valence-corrected chi connectivity index (χ2v) is 10.2. The fraction of sp³-hybridized carbons (Fsp3) is 0.147. The van der Waals surface area contributed by atoms with Crippen molar-refractivity contribution in [2.45, 2.75) is 26.2 Å². The fourth-order valence-corrected chi connectivity index (χ4v) is 4.69. The number of carbonyl (C=O) groups excluding carboxylic acids is 3. The fourth-order valence-electron chi connectivity index (χ4n) is 4.69. The largest absolute Gasteiger partial charge is 0.457 e. The third kappa shape index (κ3) is 5.75. The van der Waals surface area contributed by atoms with Gasteiger partial charge in [0.2, 0.25) is 6.79 Å². The molecule has 0 saturated carbocycles. The summed E-state index contributed by atoms with van der Waals surface area (Å²) in [5, 5.41) is 0. The predicted octanol–water partition coefficient (Wildman–Crippen LogP) is 6.89. The highest BCUT2D eigenvalue weighted by atomic mass is 16.7. The molecule has 0 N–H and O–H groups in total. The van der Waals surface area contributed by atoms with E-state index in [-0.39, 0.29) is 12.4 Å². The van der Waals surface area contributed by atoms with Crippen LogP contribution in [-0.4, -0.2) is 24.7 Å². The Labute approximate surface area is 237 Å². The molecule has 0 fully saturated rings. The van der Waals surface area contributed by atoms with Crippen LogP contribution in [0.25, 0.3) is 11.1 Å². The molecule has 5 rings (SSSR count). The Morgan fingerprint density at radius 2 is 1.17 bits per heavy atom. The van der Waals surface area contributed by atoms with Gasteiger partial charge in [-0.3, -0.25) is 0 Å². The minimum atomic E-state index is -0.544. The molecule has 206 valence electrons. The number of benzene rings is 4. The van der Waals surface area contributed by atoms with Crippen molar-refractivity contribution < 1.29 is 33.3 Å².